The van der Waals surface area contributed by atoms with Crippen molar-refractivity contribution in [2.45, 2.75) is 18.8 Å². The maximum atomic E-state index is 6.02. The average molecular weight is 272 g/mol. The minimum absolute atomic E-state index is 0.293. The molecule has 6 heteroatoms. The number of nitrogens with one attached hydrogen (secondary N) is 1. The van der Waals surface area contributed by atoms with E-state index < -0.39 is 0 Å². The predicted molar refractivity (Wildman–Crippen MR) is 67.3 cm³/mol. The van der Waals surface area contributed by atoms with Crippen molar-refractivity contribution in [1.29, 1.82) is 0 Å². The van der Waals surface area contributed by atoms with Gasteiger partial charge in [0.1, 0.15) is 5.38 Å². The molecular formula is C11H11Cl2N3O. The van der Waals surface area contributed by atoms with Crippen molar-refractivity contribution in [1.82, 2.24) is 10.2 Å². The van der Waals surface area contributed by atoms with E-state index in [0.717, 1.165) is 5.56 Å². The van der Waals surface area contributed by atoms with E-state index in [-0.39, 0.29) is 5.38 Å². The standard InChI is InChI=1S/C11H11Cl2N3O/c1-7(12)10-15-16-11(17-10)14-6-8-4-2-3-5-9(8)13/h2-5,7H,6H2,1H3,(H,14,16). The second-order valence-electron chi connectivity index (χ2n) is 3.51. The topological polar surface area (TPSA) is 51.0 Å². The number of nitrogens with zero attached hydrogens (tertiary/aromatic N) is 2. The highest BCUT2D eigenvalue weighted by molar-refractivity contribution is 6.31. The summed E-state index contributed by atoms with van der Waals surface area (Å²) in [6.07, 6.45) is 0. The minimum atomic E-state index is -0.293. The molecule has 0 bridgehead atoms. The molecule has 0 aliphatic carbocycles. The Kier molecular flexibility index (Phi) is 3.86. The SMILES string of the molecule is CC(Cl)c1nnc(NCc2ccccc2Cl)o1. The van der Waals surface area contributed by atoms with E-state index in [1.54, 1.807) is 6.92 Å². The first-order valence-electron chi connectivity index (χ1n) is 5.11. The fourth-order valence-corrected chi connectivity index (χ4v) is 1.57. The molecule has 4 nitrogen and oxygen atoms in total. The molecule has 1 atom stereocenters. The zero-order valence-electron chi connectivity index (χ0n) is 9.15. The first-order valence-corrected chi connectivity index (χ1v) is 5.93. The second kappa shape index (κ2) is 5.38. The number of benzene rings is 1. The lowest BCUT2D eigenvalue weighted by atomic mass is 10.2. The molecule has 0 aliphatic rings. The van der Waals surface area contributed by atoms with Crippen LogP contribution in [0.3, 0.4) is 0 Å². The van der Waals surface area contributed by atoms with Crippen LogP contribution in [-0.2, 0) is 6.54 Å². The molecule has 90 valence electrons. The van der Waals surface area contributed by atoms with Crippen LogP contribution in [0.4, 0.5) is 6.01 Å². The number of hydrogen-bond acceptors (Lipinski definition) is 4. The van der Waals surface area contributed by atoms with Crippen LogP contribution in [-0.4, -0.2) is 10.2 Å². The summed E-state index contributed by atoms with van der Waals surface area (Å²) in [6.45, 7) is 2.30. The Hall–Kier alpha value is -1.26. The highest BCUT2D eigenvalue weighted by Crippen LogP contribution is 2.20. The predicted octanol–water partition coefficient (Wildman–Crippen LogP) is 3.63. The van der Waals surface area contributed by atoms with Gasteiger partial charge in [0.2, 0.25) is 5.89 Å². The third-order valence-corrected chi connectivity index (χ3v) is 2.72. The average Bonchev–Trinajstić information content (AvgIpc) is 2.77. The van der Waals surface area contributed by atoms with Gasteiger partial charge in [0, 0.05) is 11.6 Å². The van der Waals surface area contributed by atoms with Crippen LogP contribution in [0.2, 0.25) is 5.02 Å². The molecule has 17 heavy (non-hydrogen) atoms. The van der Waals surface area contributed by atoms with E-state index in [9.17, 15) is 0 Å². The molecule has 2 rings (SSSR count). The minimum Gasteiger partial charge on any atom is -0.406 e. The summed E-state index contributed by atoms with van der Waals surface area (Å²) in [7, 11) is 0. The first-order chi connectivity index (χ1) is 8.16. The van der Waals surface area contributed by atoms with Crippen molar-refractivity contribution in [2.75, 3.05) is 5.32 Å². The molecule has 1 aromatic heterocycles. The fourth-order valence-electron chi connectivity index (χ4n) is 1.28. The van der Waals surface area contributed by atoms with Crippen molar-refractivity contribution in [2.24, 2.45) is 0 Å². The van der Waals surface area contributed by atoms with Gasteiger partial charge in [-0.2, -0.15) is 0 Å². The van der Waals surface area contributed by atoms with E-state index in [4.69, 9.17) is 27.6 Å². The van der Waals surface area contributed by atoms with Gasteiger partial charge in [-0.05, 0) is 18.6 Å². The van der Waals surface area contributed by atoms with Gasteiger partial charge in [-0.15, -0.1) is 16.7 Å². The first kappa shape index (κ1) is 12.2. The van der Waals surface area contributed by atoms with Gasteiger partial charge in [0.25, 0.3) is 0 Å². The Balaban J connectivity index is 2.00. The van der Waals surface area contributed by atoms with E-state index >= 15 is 0 Å². The van der Waals surface area contributed by atoms with Crippen LogP contribution >= 0.6 is 23.2 Å². The van der Waals surface area contributed by atoms with Crippen LogP contribution in [0, 0.1) is 0 Å². The highest BCUT2D eigenvalue weighted by atomic mass is 35.5. The molecule has 2 aromatic rings. The zero-order valence-corrected chi connectivity index (χ0v) is 10.7. The Morgan fingerprint density at radius 3 is 2.76 bits per heavy atom. The van der Waals surface area contributed by atoms with Crippen LogP contribution < -0.4 is 5.32 Å². The zero-order chi connectivity index (χ0) is 12.3. The Morgan fingerprint density at radius 1 is 1.35 bits per heavy atom. The number of halogens is 2. The lowest BCUT2D eigenvalue weighted by molar-refractivity contribution is 0.505. The smallest absolute Gasteiger partial charge is 0.315 e. The molecular weight excluding hydrogens is 261 g/mol. The summed E-state index contributed by atoms with van der Waals surface area (Å²) in [5, 5.41) is 11.0. The van der Waals surface area contributed by atoms with Gasteiger partial charge < -0.3 is 9.73 Å². The molecule has 0 spiro atoms. The van der Waals surface area contributed by atoms with Gasteiger partial charge in [-0.25, -0.2) is 0 Å². The molecule has 0 aliphatic heterocycles. The van der Waals surface area contributed by atoms with Gasteiger partial charge >= 0.3 is 6.01 Å². The molecule has 1 heterocycles. The van der Waals surface area contributed by atoms with Crippen LogP contribution in [0.1, 0.15) is 23.8 Å². The summed E-state index contributed by atoms with van der Waals surface area (Å²) in [4.78, 5) is 0. The Morgan fingerprint density at radius 2 is 2.12 bits per heavy atom. The quantitative estimate of drug-likeness (QED) is 0.863. The molecule has 0 fully saturated rings. The van der Waals surface area contributed by atoms with Crippen molar-refractivity contribution in [3.05, 3.63) is 40.7 Å². The van der Waals surface area contributed by atoms with Gasteiger partial charge in [0.05, 0.1) is 0 Å². The van der Waals surface area contributed by atoms with E-state index in [0.29, 0.717) is 23.5 Å². The van der Waals surface area contributed by atoms with Crippen molar-refractivity contribution >= 4 is 29.2 Å². The third kappa shape index (κ3) is 3.11. The second-order valence-corrected chi connectivity index (χ2v) is 4.57. The van der Waals surface area contributed by atoms with Crippen LogP contribution in [0.5, 0.6) is 0 Å². The number of aromatic nitrogens is 2. The third-order valence-electron chi connectivity index (χ3n) is 2.17. The summed E-state index contributed by atoms with van der Waals surface area (Å²) in [5.74, 6) is 0.397. The molecule has 1 unspecified atom stereocenters. The summed E-state index contributed by atoms with van der Waals surface area (Å²) < 4.78 is 5.30. The van der Waals surface area contributed by atoms with Crippen molar-refractivity contribution < 1.29 is 4.42 Å². The van der Waals surface area contributed by atoms with Gasteiger partial charge in [-0.3, -0.25) is 0 Å². The monoisotopic (exact) mass is 271 g/mol. The molecule has 0 radical (unpaired) electrons. The lowest BCUT2D eigenvalue weighted by Crippen LogP contribution is -2.00. The maximum absolute atomic E-state index is 6.02. The number of rotatable bonds is 4. The number of anilines is 1. The number of alkyl halides is 1. The Bertz CT molecular complexity index is 499. The van der Waals surface area contributed by atoms with E-state index in [1.165, 1.54) is 0 Å². The molecule has 0 amide bonds. The van der Waals surface area contributed by atoms with Crippen molar-refractivity contribution in [3.63, 3.8) is 0 Å². The van der Waals surface area contributed by atoms with Crippen molar-refractivity contribution in [3.8, 4) is 0 Å². The molecule has 0 saturated heterocycles. The van der Waals surface area contributed by atoms with Crippen LogP contribution in [0.25, 0.3) is 0 Å². The summed E-state index contributed by atoms with van der Waals surface area (Å²) >= 11 is 11.8. The number of hydrogen-bond donors (Lipinski definition) is 1. The maximum Gasteiger partial charge on any atom is 0.315 e. The largest absolute Gasteiger partial charge is 0.406 e. The van der Waals surface area contributed by atoms with E-state index in [1.807, 2.05) is 24.3 Å². The molecule has 0 saturated carbocycles. The summed E-state index contributed by atoms with van der Waals surface area (Å²) in [6, 6.07) is 7.90. The molecule has 1 aromatic carbocycles. The van der Waals surface area contributed by atoms with Crippen LogP contribution in [0.15, 0.2) is 28.7 Å². The van der Waals surface area contributed by atoms with Gasteiger partial charge in [0.15, 0.2) is 0 Å². The fraction of sp³-hybridized carbons (Fsp3) is 0.273. The lowest BCUT2D eigenvalue weighted by Gasteiger charge is -2.03. The van der Waals surface area contributed by atoms with Gasteiger partial charge in [-0.1, -0.05) is 34.9 Å². The molecule has 1 N–H and O–H groups in total. The highest BCUT2D eigenvalue weighted by Gasteiger charge is 2.10. The Labute approximate surface area is 109 Å². The normalized spacial score (nSPS) is 12.4. The van der Waals surface area contributed by atoms with E-state index in [2.05, 4.69) is 15.5 Å². The summed E-state index contributed by atoms with van der Waals surface area (Å²) in [5.41, 5.74) is 0.966.